The molecule has 2 N–H and O–H groups in total. The summed E-state index contributed by atoms with van der Waals surface area (Å²) in [5, 5.41) is 20.1. The Morgan fingerprint density at radius 1 is 1.13 bits per heavy atom. The van der Waals surface area contributed by atoms with Gasteiger partial charge in [-0.15, -0.1) is 0 Å². The highest BCUT2D eigenvalue weighted by Gasteiger charge is 2.44. The van der Waals surface area contributed by atoms with Crippen molar-refractivity contribution in [2.24, 2.45) is 5.92 Å². The fourth-order valence-electron chi connectivity index (χ4n) is 2.96. The second-order valence-electron chi connectivity index (χ2n) is 6.40. The summed E-state index contributed by atoms with van der Waals surface area (Å²) in [6.07, 6.45) is 2.58. The number of carbonyl (C=O) groups excluding carboxylic acids is 2. The fourth-order valence-corrected chi connectivity index (χ4v) is 2.96. The molecule has 1 saturated carbocycles. The average molecular weight is 326 g/mol. The van der Waals surface area contributed by atoms with Crippen LogP contribution in [0.3, 0.4) is 0 Å². The Labute approximate surface area is 138 Å². The van der Waals surface area contributed by atoms with Crippen LogP contribution in [0, 0.1) is 5.92 Å². The minimum atomic E-state index is -0.890. The maximum Gasteiger partial charge on any atom is 0.333 e. The molecule has 4 atom stereocenters. The summed E-state index contributed by atoms with van der Waals surface area (Å²) in [5.74, 6) is -0.770. The lowest BCUT2D eigenvalue weighted by atomic mass is 9.94. The van der Waals surface area contributed by atoms with Gasteiger partial charge >= 0.3 is 5.97 Å². The molecule has 4 unspecified atom stereocenters. The van der Waals surface area contributed by atoms with Crippen LogP contribution in [0.4, 0.5) is 0 Å². The number of unbranched alkanes of at least 4 members (excludes halogenated alkanes) is 2. The molecule has 1 aliphatic rings. The Hall–Kier alpha value is -1.20. The fraction of sp³-hybridized carbons (Fsp3) is 0.778. The molecule has 1 fully saturated rings. The largest absolute Gasteiger partial charge is 0.456 e. The van der Waals surface area contributed by atoms with Crippen LogP contribution in [0.2, 0.25) is 0 Å². The molecule has 0 bridgehead atoms. The second-order valence-corrected chi connectivity index (χ2v) is 6.40. The molecule has 1 rings (SSSR count). The minimum absolute atomic E-state index is 0.162. The van der Waals surface area contributed by atoms with E-state index in [0.717, 1.165) is 19.3 Å². The third-order valence-electron chi connectivity index (χ3n) is 4.55. The van der Waals surface area contributed by atoms with Crippen LogP contribution in [0.5, 0.6) is 0 Å². The van der Waals surface area contributed by atoms with Gasteiger partial charge in [0.15, 0.2) is 0 Å². The quantitative estimate of drug-likeness (QED) is 0.366. The van der Waals surface area contributed by atoms with E-state index in [1.807, 2.05) is 0 Å². The SMILES string of the molecule is C=C(CC)C(=O)OC1C(O)CC(O)C1CCC(=O)CCCCC. The van der Waals surface area contributed by atoms with Crippen molar-refractivity contribution in [3.8, 4) is 0 Å². The van der Waals surface area contributed by atoms with Crippen LogP contribution < -0.4 is 0 Å². The van der Waals surface area contributed by atoms with E-state index < -0.39 is 30.2 Å². The van der Waals surface area contributed by atoms with E-state index in [4.69, 9.17) is 4.74 Å². The summed E-state index contributed by atoms with van der Waals surface area (Å²) in [4.78, 5) is 23.7. The highest BCUT2D eigenvalue weighted by atomic mass is 16.6. The first kappa shape index (κ1) is 19.8. The molecule has 0 amide bonds. The molecule has 132 valence electrons. The number of esters is 1. The lowest BCUT2D eigenvalue weighted by Crippen LogP contribution is -2.33. The number of ether oxygens (including phenoxy) is 1. The van der Waals surface area contributed by atoms with Gasteiger partial charge in [-0.25, -0.2) is 4.79 Å². The molecule has 23 heavy (non-hydrogen) atoms. The van der Waals surface area contributed by atoms with E-state index in [0.29, 0.717) is 31.3 Å². The Kier molecular flexibility index (Phi) is 8.48. The molecule has 0 aromatic heterocycles. The molecule has 0 aromatic carbocycles. The van der Waals surface area contributed by atoms with Gasteiger partial charge in [-0.1, -0.05) is 33.3 Å². The van der Waals surface area contributed by atoms with Crippen molar-refractivity contribution in [3.05, 3.63) is 12.2 Å². The van der Waals surface area contributed by atoms with Crippen LogP contribution in [-0.2, 0) is 14.3 Å². The van der Waals surface area contributed by atoms with Gasteiger partial charge in [0.1, 0.15) is 11.9 Å². The van der Waals surface area contributed by atoms with Crippen molar-refractivity contribution >= 4 is 11.8 Å². The van der Waals surface area contributed by atoms with Crippen LogP contribution in [0.25, 0.3) is 0 Å². The first-order valence-corrected chi connectivity index (χ1v) is 8.67. The van der Waals surface area contributed by atoms with Gasteiger partial charge in [-0.2, -0.15) is 0 Å². The number of aliphatic hydroxyl groups excluding tert-OH is 2. The van der Waals surface area contributed by atoms with Crippen molar-refractivity contribution < 1.29 is 24.5 Å². The van der Waals surface area contributed by atoms with Gasteiger partial charge in [0, 0.05) is 30.8 Å². The number of Topliss-reactive ketones (excluding diaryl/α,β-unsaturated/α-hetero) is 1. The Morgan fingerprint density at radius 2 is 1.83 bits per heavy atom. The molecule has 5 nitrogen and oxygen atoms in total. The van der Waals surface area contributed by atoms with Gasteiger partial charge in [0.2, 0.25) is 0 Å². The van der Waals surface area contributed by atoms with E-state index >= 15 is 0 Å². The van der Waals surface area contributed by atoms with Gasteiger partial charge in [-0.05, 0) is 19.3 Å². The second kappa shape index (κ2) is 9.83. The average Bonchev–Trinajstić information content (AvgIpc) is 2.78. The highest BCUT2D eigenvalue weighted by molar-refractivity contribution is 5.87. The molecule has 0 saturated heterocycles. The highest BCUT2D eigenvalue weighted by Crippen LogP contribution is 2.33. The van der Waals surface area contributed by atoms with Gasteiger partial charge in [0.05, 0.1) is 12.2 Å². The normalized spacial score (nSPS) is 27.0. The zero-order valence-corrected chi connectivity index (χ0v) is 14.3. The molecular weight excluding hydrogens is 296 g/mol. The number of hydrogen-bond acceptors (Lipinski definition) is 5. The predicted octanol–water partition coefficient (Wildman–Crippen LogP) is 2.54. The van der Waals surface area contributed by atoms with Crippen molar-refractivity contribution in [2.45, 2.75) is 83.5 Å². The summed E-state index contributed by atoms with van der Waals surface area (Å²) in [6, 6.07) is 0. The van der Waals surface area contributed by atoms with E-state index in [2.05, 4.69) is 13.5 Å². The number of hydrogen-bond donors (Lipinski definition) is 2. The number of rotatable bonds is 10. The number of ketones is 1. The Morgan fingerprint density at radius 3 is 2.43 bits per heavy atom. The van der Waals surface area contributed by atoms with Crippen molar-refractivity contribution in [1.29, 1.82) is 0 Å². The standard InChI is InChI=1S/C18H30O5/c1-4-6-7-8-13(19)9-10-14-15(20)11-16(21)17(14)23-18(22)12(3)5-2/h14-17,20-21H,3-11H2,1-2H3. The Balaban J connectivity index is 2.54. The van der Waals surface area contributed by atoms with E-state index in [1.165, 1.54) is 0 Å². The van der Waals surface area contributed by atoms with Crippen LogP contribution in [0.1, 0.15) is 65.2 Å². The van der Waals surface area contributed by atoms with Crippen LogP contribution >= 0.6 is 0 Å². The first-order chi connectivity index (χ1) is 10.9. The van der Waals surface area contributed by atoms with Crippen molar-refractivity contribution in [3.63, 3.8) is 0 Å². The summed E-state index contributed by atoms with van der Waals surface area (Å²) in [7, 11) is 0. The van der Waals surface area contributed by atoms with E-state index in [9.17, 15) is 19.8 Å². The van der Waals surface area contributed by atoms with E-state index in [1.54, 1.807) is 6.92 Å². The molecule has 5 heteroatoms. The lowest BCUT2D eigenvalue weighted by Gasteiger charge is -2.23. The molecule has 1 aliphatic carbocycles. The monoisotopic (exact) mass is 326 g/mol. The molecule has 0 aromatic rings. The predicted molar refractivity (Wildman–Crippen MR) is 87.8 cm³/mol. The molecule has 0 aliphatic heterocycles. The first-order valence-electron chi connectivity index (χ1n) is 8.67. The van der Waals surface area contributed by atoms with Gasteiger partial charge in [0.25, 0.3) is 0 Å². The molecule has 0 radical (unpaired) electrons. The third kappa shape index (κ3) is 6.07. The van der Waals surface area contributed by atoms with Crippen molar-refractivity contribution in [1.82, 2.24) is 0 Å². The van der Waals surface area contributed by atoms with Gasteiger partial charge < -0.3 is 14.9 Å². The van der Waals surface area contributed by atoms with Crippen LogP contribution in [-0.4, -0.2) is 40.3 Å². The van der Waals surface area contributed by atoms with Crippen molar-refractivity contribution in [2.75, 3.05) is 0 Å². The van der Waals surface area contributed by atoms with Crippen LogP contribution in [0.15, 0.2) is 12.2 Å². The lowest BCUT2D eigenvalue weighted by molar-refractivity contribution is -0.152. The molecule has 0 spiro atoms. The maximum atomic E-state index is 11.9. The number of carbonyl (C=O) groups is 2. The minimum Gasteiger partial charge on any atom is -0.456 e. The molecular formula is C18H30O5. The van der Waals surface area contributed by atoms with Gasteiger partial charge in [-0.3, -0.25) is 4.79 Å². The zero-order valence-electron chi connectivity index (χ0n) is 14.3. The molecule has 0 heterocycles. The summed E-state index contributed by atoms with van der Waals surface area (Å²) < 4.78 is 5.33. The maximum absolute atomic E-state index is 11.9. The summed E-state index contributed by atoms with van der Waals surface area (Å²) in [6.45, 7) is 7.52. The summed E-state index contributed by atoms with van der Waals surface area (Å²) >= 11 is 0. The smallest absolute Gasteiger partial charge is 0.333 e. The zero-order chi connectivity index (χ0) is 17.4. The topological polar surface area (TPSA) is 83.8 Å². The number of aliphatic hydroxyl groups is 2. The third-order valence-corrected chi connectivity index (χ3v) is 4.55. The summed E-state index contributed by atoms with van der Waals surface area (Å²) in [5.41, 5.74) is 0.341. The Bertz CT molecular complexity index is 418. The van der Waals surface area contributed by atoms with E-state index in [-0.39, 0.29) is 12.2 Å².